The van der Waals surface area contributed by atoms with Crippen molar-refractivity contribution in [3.05, 3.63) is 230 Å². The fourth-order valence-corrected chi connectivity index (χ4v) is 9.18. The third-order valence-electron chi connectivity index (χ3n) is 12.2. The standard InChI is InChI=1S/C57H38N4O/c1-4-15-38(16-5-1)49-36-50(59-57(58-49)41-29-27-37(28-30-41)42-31-32-53-48(34-42)47-25-12-13-26-52(47)62-53)44-22-14-23-45(33-44)54-55(40-19-8-3-9-20-40)60-61-51(39-17-6-2-7-18-39)35-43-21-10-11-24-46(43)56(54)61/h1-36,43,46H. The monoisotopic (exact) mass is 794 g/mol. The predicted molar refractivity (Wildman–Crippen MR) is 252 cm³/mol. The van der Waals surface area contributed by atoms with Gasteiger partial charge in [0.2, 0.25) is 0 Å². The molecule has 1 aliphatic carbocycles. The molecule has 62 heavy (non-hydrogen) atoms. The summed E-state index contributed by atoms with van der Waals surface area (Å²) in [5.74, 6) is 0.986. The van der Waals surface area contributed by atoms with Crippen molar-refractivity contribution in [1.82, 2.24) is 19.7 Å². The number of benzene rings is 7. The summed E-state index contributed by atoms with van der Waals surface area (Å²) in [5.41, 5.74) is 16.4. The molecule has 0 saturated carbocycles. The molecule has 0 saturated heterocycles. The van der Waals surface area contributed by atoms with Crippen molar-refractivity contribution in [2.24, 2.45) is 5.92 Å². The molecule has 0 N–H and O–H groups in total. The summed E-state index contributed by atoms with van der Waals surface area (Å²) in [7, 11) is 0. The molecule has 2 atom stereocenters. The van der Waals surface area contributed by atoms with Crippen molar-refractivity contribution < 1.29 is 4.42 Å². The molecule has 7 aromatic carbocycles. The zero-order chi connectivity index (χ0) is 41.0. The molecule has 0 radical (unpaired) electrons. The quantitative estimate of drug-likeness (QED) is 0.161. The van der Waals surface area contributed by atoms with Crippen LogP contribution in [0.1, 0.15) is 17.2 Å². The minimum absolute atomic E-state index is 0.121. The maximum atomic E-state index is 6.11. The number of fused-ring (bicyclic) bond motifs is 6. The van der Waals surface area contributed by atoms with Gasteiger partial charge in [-0.25, -0.2) is 14.6 Å². The summed E-state index contributed by atoms with van der Waals surface area (Å²) >= 11 is 0. The van der Waals surface area contributed by atoms with Crippen LogP contribution in [0.25, 0.3) is 95.0 Å². The number of furan rings is 1. The molecule has 2 aliphatic rings. The molecule has 4 heterocycles. The van der Waals surface area contributed by atoms with Gasteiger partial charge in [-0.1, -0.05) is 188 Å². The van der Waals surface area contributed by atoms with Crippen molar-refractivity contribution in [1.29, 1.82) is 0 Å². The second-order valence-electron chi connectivity index (χ2n) is 16.0. The van der Waals surface area contributed by atoms with Gasteiger partial charge in [-0.2, -0.15) is 5.10 Å². The van der Waals surface area contributed by atoms with Crippen molar-refractivity contribution >= 4 is 27.6 Å². The van der Waals surface area contributed by atoms with Crippen LogP contribution in [0.15, 0.2) is 223 Å². The molecule has 0 bridgehead atoms. The second-order valence-corrected chi connectivity index (χ2v) is 16.0. The van der Waals surface area contributed by atoms with Crippen LogP contribution >= 0.6 is 0 Å². The van der Waals surface area contributed by atoms with Crippen LogP contribution in [0.4, 0.5) is 0 Å². The Kier molecular flexibility index (Phi) is 8.56. The summed E-state index contributed by atoms with van der Waals surface area (Å²) in [4.78, 5) is 10.5. The van der Waals surface area contributed by atoms with Crippen LogP contribution in [-0.2, 0) is 0 Å². The third-order valence-corrected chi connectivity index (χ3v) is 12.2. The van der Waals surface area contributed by atoms with Crippen molar-refractivity contribution in [3.8, 4) is 67.4 Å². The summed E-state index contributed by atoms with van der Waals surface area (Å²) in [6.07, 6.45) is 11.3. The highest BCUT2D eigenvalue weighted by atomic mass is 16.3. The SMILES string of the molecule is C1=CC2C=C(c3ccccc3)n3nc(-c4ccccc4)c(-c4cccc(-c5cc(-c6ccccc6)nc(-c6ccc(-c7ccc8oc9ccccc9c8c7)cc6)n5)c4)c3C2C=C1. The Hall–Kier alpha value is -8.15. The Labute approximate surface area is 359 Å². The van der Waals surface area contributed by atoms with Gasteiger partial charge >= 0.3 is 0 Å². The first-order valence-corrected chi connectivity index (χ1v) is 21.1. The fourth-order valence-electron chi connectivity index (χ4n) is 9.18. The maximum absolute atomic E-state index is 6.11. The average Bonchev–Trinajstić information content (AvgIpc) is 3.94. The van der Waals surface area contributed by atoms with E-state index in [1.54, 1.807) is 0 Å². The van der Waals surface area contributed by atoms with E-state index < -0.39 is 0 Å². The summed E-state index contributed by atoms with van der Waals surface area (Å²) < 4.78 is 8.30. The minimum Gasteiger partial charge on any atom is -0.456 e. The summed E-state index contributed by atoms with van der Waals surface area (Å²) in [6.45, 7) is 0. The number of allylic oxidation sites excluding steroid dienone is 5. The molecule has 3 aromatic heterocycles. The zero-order valence-corrected chi connectivity index (χ0v) is 33.6. The molecular weight excluding hydrogens is 757 g/mol. The number of hydrogen-bond donors (Lipinski definition) is 0. The normalized spacial score (nSPS) is 15.4. The van der Waals surface area contributed by atoms with Gasteiger partial charge in [0.15, 0.2) is 5.82 Å². The summed E-state index contributed by atoms with van der Waals surface area (Å²) in [6, 6.07) is 65.6. The first kappa shape index (κ1) is 35.8. The van der Waals surface area contributed by atoms with E-state index in [4.69, 9.17) is 19.5 Å². The van der Waals surface area contributed by atoms with Crippen molar-refractivity contribution in [2.45, 2.75) is 5.92 Å². The smallest absolute Gasteiger partial charge is 0.160 e. The van der Waals surface area contributed by atoms with Crippen LogP contribution in [0.3, 0.4) is 0 Å². The Morgan fingerprint density at radius 1 is 0.435 bits per heavy atom. The van der Waals surface area contributed by atoms with E-state index >= 15 is 0 Å². The van der Waals surface area contributed by atoms with E-state index in [-0.39, 0.29) is 11.8 Å². The highest BCUT2D eigenvalue weighted by molar-refractivity contribution is 6.06. The van der Waals surface area contributed by atoms with Gasteiger partial charge in [0.25, 0.3) is 0 Å². The van der Waals surface area contributed by atoms with Gasteiger partial charge in [-0.3, -0.25) is 0 Å². The Balaban J connectivity index is 0.988. The number of para-hydroxylation sites is 1. The van der Waals surface area contributed by atoms with Gasteiger partial charge in [-0.15, -0.1) is 0 Å². The van der Waals surface area contributed by atoms with Gasteiger partial charge < -0.3 is 4.42 Å². The highest BCUT2D eigenvalue weighted by Gasteiger charge is 2.35. The molecule has 12 rings (SSSR count). The molecule has 292 valence electrons. The topological polar surface area (TPSA) is 56.7 Å². The number of rotatable bonds is 7. The van der Waals surface area contributed by atoms with E-state index in [2.05, 4.69) is 205 Å². The predicted octanol–water partition coefficient (Wildman–Crippen LogP) is 14.3. The molecule has 0 amide bonds. The molecule has 0 fully saturated rings. The van der Waals surface area contributed by atoms with Crippen LogP contribution in [0.2, 0.25) is 0 Å². The molecule has 10 aromatic rings. The van der Waals surface area contributed by atoms with Gasteiger partial charge in [0.1, 0.15) is 16.9 Å². The average molecular weight is 795 g/mol. The van der Waals surface area contributed by atoms with Crippen LogP contribution < -0.4 is 0 Å². The van der Waals surface area contributed by atoms with E-state index in [1.807, 2.05) is 18.2 Å². The molecular formula is C57H38N4O. The maximum Gasteiger partial charge on any atom is 0.160 e. The zero-order valence-electron chi connectivity index (χ0n) is 33.6. The van der Waals surface area contributed by atoms with Gasteiger partial charge in [0.05, 0.1) is 22.8 Å². The second kappa shape index (κ2) is 14.8. The molecule has 5 heteroatoms. The van der Waals surface area contributed by atoms with Crippen molar-refractivity contribution in [3.63, 3.8) is 0 Å². The Morgan fingerprint density at radius 2 is 1.05 bits per heavy atom. The van der Waals surface area contributed by atoms with E-state index in [1.165, 1.54) is 5.69 Å². The van der Waals surface area contributed by atoms with E-state index in [0.29, 0.717) is 5.82 Å². The lowest BCUT2D eigenvalue weighted by Crippen LogP contribution is -2.21. The lowest BCUT2D eigenvalue weighted by atomic mass is 9.79. The van der Waals surface area contributed by atoms with Gasteiger partial charge in [-0.05, 0) is 52.6 Å². The number of nitrogens with zero attached hydrogens (tertiary/aromatic N) is 4. The minimum atomic E-state index is 0.121. The van der Waals surface area contributed by atoms with Crippen LogP contribution in [-0.4, -0.2) is 19.7 Å². The molecule has 5 nitrogen and oxygen atoms in total. The Bertz CT molecular complexity index is 3390. The van der Waals surface area contributed by atoms with E-state index in [0.717, 1.165) is 94.8 Å². The first-order chi connectivity index (χ1) is 30.7. The third kappa shape index (κ3) is 6.22. The highest BCUT2D eigenvalue weighted by Crippen LogP contribution is 2.48. The molecule has 1 aliphatic heterocycles. The van der Waals surface area contributed by atoms with Crippen molar-refractivity contribution in [2.75, 3.05) is 0 Å². The lowest BCUT2D eigenvalue weighted by Gasteiger charge is -2.30. The van der Waals surface area contributed by atoms with Crippen LogP contribution in [0, 0.1) is 5.92 Å². The largest absolute Gasteiger partial charge is 0.456 e. The van der Waals surface area contributed by atoms with Gasteiger partial charge in [0, 0.05) is 50.4 Å². The number of hydrogen-bond acceptors (Lipinski definition) is 4. The Morgan fingerprint density at radius 3 is 1.84 bits per heavy atom. The lowest BCUT2D eigenvalue weighted by molar-refractivity contribution is 0.624. The molecule has 2 unspecified atom stereocenters. The summed E-state index contributed by atoms with van der Waals surface area (Å²) in [5, 5.41) is 7.70. The fraction of sp³-hybridized carbons (Fsp3) is 0.0351. The van der Waals surface area contributed by atoms with Crippen LogP contribution in [0.5, 0.6) is 0 Å². The molecule has 0 spiro atoms. The van der Waals surface area contributed by atoms with E-state index in [9.17, 15) is 0 Å². The number of aromatic nitrogens is 4. The first-order valence-electron chi connectivity index (χ1n) is 21.1.